The molecule has 8 nitrogen and oxygen atoms in total. The van der Waals surface area contributed by atoms with Gasteiger partial charge in [-0.2, -0.15) is 0 Å². The zero-order valence-electron chi connectivity index (χ0n) is 18.1. The first-order valence-corrected chi connectivity index (χ1v) is 10.5. The Morgan fingerprint density at radius 2 is 2.03 bits per heavy atom. The van der Waals surface area contributed by atoms with Crippen molar-refractivity contribution < 1.29 is 23.5 Å². The fourth-order valence-electron chi connectivity index (χ4n) is 3.79. The summed E-state index contributed by atoms with van der Waals surface area (Å²) in [7, 11) is 0. The van der Waals surface area contributed by atoms with Crippen molar-refractivity contribution in [3.8, 4) is 0 Å². The van der Waals surface area contributed by atoms with Crippen molar-refractivity contribution >= 4 is 35.2 Å². The molecule has 3 rings (SSSR count). The molecule has 2 saturated heterocycles. The van der Waals surface area contributed by atoms with Crippen molar-refractivity contribution in [3.05, 3.63) is 28.5 Å². The molecule has 10 heteroatoms. The summed E-state index contributed by atoms with van der Waals surface area (Å²) in [6, 6.07) is 2.50. The van der Waals surface area contributed by atoms with Gasteiger partial charge in [0.2, 0.25) is 11.9 Å². The van der Waals surface area contributed by atoms with Gasteiger partial charge in [-0.15, -0.1) is 4.99 Å². The van der Waals surface area contributed by atoms with Gasteiger partial charge in [0.15, 0.2) is 0 Å². The van der Waals surface area contributed by atoms with Gasteiger partial charge in [0.1, 0.15) is 11.4 Å². The monoisotopic (exact) mass is 454 g/mol. The number of nitrogen functional groups attached to an aromatic ring is 1. The second-order valence-corrected chi connectivity index (χ2v) is 9.36. The number of hydrogen-bond acceptors (Lipinski definition) is 5. The maximum absolute atomic E-state index is 13.8. The van der Waals surface area contributed by atoms with E-state index < -0.39 is 23.1 Å². The first-order valence-electron chi connectivity index (χ1n) is 10.1. The zero-order chi connectivity index (χ0) is 23.0. The second kappa shape index (κ2) is 8.63. The van der Waals surface area contributed by atoms with Crippen LogP contribution in [0.4, 0.5) is 14.9 Å². The molecular weight excluding hydrogens is 427 g/mol. The summed E-state index contributed by atoms with van der Waals surface area (Å²) >= 11 is 6.32. The van der Waals surface area contributed by atoms with Crippen LogP contribution in [0, 0.1) is 5.82 Å². The highest BCUT2D eigenvalue weighted by Gasteiger charge is 2.44. The predicted molar refractivity (Wildman–Crippen MR) is 115 cm³/mol. The van der Waals surface area contributed by atoms with Gasteiger partial charge in [0, 0.05) is 19.3 Å². The molecule has 1 atom stereocenters. The van der Waals surface area contributed by atoms with E-state index in [0.29, 0.717) is 31.6 Å². The largest absolute Gasteiger partial charge is 0.442 e. The van der Waals surface area contributed by atoms with Gasteiger partial charge >= 0.3 is 6.09 Å². The number of benzene rings is 1. The molecule has 1 aromatic carbocycles. The molecule has 0 radical (unpaired) electrons. The minimum atomic E-state index is -1.06. The van der Waals surface area contributed by atoms with E-state index in [1.807, 2.05) is 0 Å². The van der Waals surface area contributed by atoms with Crippen LogP contribution in [0.3, 0.4) is 0 Å². The average Bonchev–Trinajstić information content (AvgIpc) is 2.64. The Labute approximate surface area is 185 Å². The molecule has 2 heterocycles. The fourth-order valence-corrected chi connectivity index (χ4v) is 4.15. The number of hydrogen-bond donors (Lipinski definition) is 2. The Balaban J connectivity index is 2.01. The Morgan fingerprint density at radius 1 is 1.39 bits per heavy atom. The lowest BCUT2D eigenvalue weighted by Crippen LogP contribution is -2.63. The van der Waals surface area contributed by atoms with Gasteiger partial charge in [-0.1, -0.05) is 17.7 Å². The molecule has 170 valence electrons. The van der Waals surface area contributed by atoms with E-state index in [4.69, 9.17) is 26.8 Å². The number of carbonyl (C=O) groups is 2. The molecule has 1 aromatic rings. The third-order valence-corrected chi connectivity index (χ3v) is 5.66. The third-order valence-electron chi connectivity index (χ3n) is 5.26. The van der Waals surface area contributed by atoms with Gasteiger partial charge in [0.25, 0.3) is 0 Å². The summed E-state index contributed by atoms with van der Waals surface area (Å²) in [4.78, 5) is 31.3. The molecule has 0 spiro atoms. The number of rotatable bonds is 2. The Bertz CT molecular complexity index is 911. The van der Waals surface area contributed by atoms with Crippen LogP contribution >= 0.6 is 11.6 Å². The quantitative estimate of drug-likeness (QED) is 0.661. The van der Waals surface area contributed by atoms with Crippen molar-refractivity contribution in [1.29, 1.82) is 0 Å². The van der Waals surface area contributed by atoms with Crippen LogP contribution in [-0.2, 0) is 19.8 Å². The molecule has 0 aromatic heterocycles. The summed E-state index contributed by atoms with van der Waals surface area (Å²) in [5, 5.41) is 3.19. The molecule has 2 fully saturated rings. The molecule has 2 amide bonds. The van der Waals surface area contributed by atoms with Crippen LogP contribution in [0.5, 0.6) is 0 Å². The summed E-state index contributed by atoms with van der Waals surface area (Å²) in [5.41, 5.74) is 4.19. The van der Waals surface area contributed by atoms with Crippen LogP contribution in [0.1, 0.15) is 52.5 Å². The molecule has 0 unspecified atom stereocenters. The van der Waals surface area contributed by atoms with Crippen molar-refractivity contribution in [1.82, 2.24) is 10.2 Å². The summed E-state index contributed by atoms with van der Waals surface area (Å²) in [5.74, 6) is -0.820. The van der Waals surface area contributed by atoms with Crippen molar-refractivity contribution in [2.75, 3.05) is 18.9 Å². The lowest BCUT2D eigenvalue weighted by atomic mass is 9.85. The first-order chi connectivity index (χ1) is 14.4. The second-order valence-electron chi connectivity index (χ2n) is 8.98. The SMILES string of the molecule is CC(C)(C)OC(=O)/N=C1\N[C@](C)(c2ccc(F)c(N)c2Cl)CC(=O)N1C1CCOCC1. The topological polar surface area (TPSA) is 106 Å². The molecule has 31 heavy (non-hydrogen) atoms. The van der Waals surface area contributed by atoms with Crippen LogP contribution in [0.2, 0.25) is 5.02 Å². The smallest absolute Gasteiger partial charge is 0.437 e. The highest BCUT2D eigenvalue weighted by molar-refractivity contribution is 6.34. The van der Waals surface area contributed by atoms with Gasteiger partial charge < -0.3 is 20.5 Å². The molecule has 0 aliphatic carbocycles. The van der Waals surface area contributed by atoms with Gasteiger partial charge in [0.05, 0.1) is 22.7 Å². The lowest BCUT2D eigenvalue weighted by molar-refractivity contribution is -0.133. The molecular formula is C21H28ClFN4O4. The van der Waals surface area contributed by atoms with Crippen molar-refractivity contribution in [2.24, 2.45) is 4.99 Å². The van der Waals surface area contributed by atoms with Gasteiger partial charge in [-0.3, -0.25) is 9.69 Å². The number of anilines is 1. The Morgan fingerprint density at radius 3 is 2.65 bits per heavy atom. The molecule has 0 saturated carbocycles. The molecule has 2 aliphatic heterocycles. The standard InChI is InChI=1S/C21H28ClFN4O4/c1-20(2,3)31-19(29)25-18-26-21(4,13-5-6-14(23)17(24)16(13)22)11-15(28)27(18)12-7-9-30-10-8-12/h5-6,12H,7-11,24H2,1-4H3,(H,25,26,29)/t21-/m0/s1. The normalized spacial score (nSPS) is 24.3. The van der Waals surface area contributed by atoms with Gasteiger partial charge in [-0.05, 0) is 52.2 Å². The number of amides is 2. The minimum Gasteiger partial charge on any atom is -0.442 e. The number of nitrogens with two attached hydrogens (primary N) is 1. The highest BCUT2D eigenvalue weighted by Crippen LogP contribution is 2.38. The van der Waals surface area contributed by atoms with Crippen molar-refractivity contribution in [3.63, 3.8) is 0 Å². The number of ether oxygens (including phenoxy) is 2. The van der Waals surface area contributed by atoms with E-state index in [1.165, 1.54) is 17.0 Å². The summed E-state index contributed by atoms with van der Waals surface area (Å²) < 4.78 is 24.6. The van der Waals surface area contributed by atoms with Crippen molar-refractivity contribution in [2.45, 2.75) is 64.1 Å². The summed E-state index contributed by atoms with van der Waals surface area (Å²) in [6.45, 7) is 7.93. The third kappa shape index (κ3) is 5.10. The van der Waals surface area contributed by atoms with Crippen LogP contribution in [0.25, 0.3) is 0 Å². The lowest BCUT2D eigenvalue weighted by Gasteiger charge is -2.45. The zero-order valence-corrected chi connectivity index (χ0v) is 18.9. The van der Waals surface area contributed by atoms with E-state index in [-0.39, 0.29) is 35.0 Å². The van der Waals surface area contributed by atoms with Crippen LogP contribution in [0.15, 0.2) is 17.1 Å². The fraction of sp³-hybridized carbons (Fsp3) is 0.571. The average molecular weight is 455 g/mol. The van der Waals surface area contributed by atoms with Crippen LogP contribution < -0.4 is 11.1 Å². The predicted octanol–water partition coefficient (Wildman–Crippen LogP) is 3.57. The Hall–Kier alpha value is -2.39. The maximum atomic E-state index is 13.8. The van der Waals surface area contributed by atoms with Crippen LogP contribution in [-0.4, -0.2) is 47.7 Å². The molecule has 3 N–H and O–H groups in total. The number of carbonyl (C=O) groups excluding carboxylic acids is 2. The summed E-state index contributed by atoms with van der Waals surface area (Å²) in [6.07, 6.45) is 0.417. The number of halogens is 2. The van der Waals surface area contributed by atoms with E-state index in [9.17, 15) is 14.0 Å². The van der Waals surface area contributed by atoms with Gasteiger partial charge in [-0.25, -0.2) is 9.18 Å². The number of aliphatic imine (C=N–C) groups is 1. The number of nitrogens with zero attached hydrogens (tertiary/aromatic N) is 2. The Kier molecular flexibility index (Phi) is 6.48. The highest BCUT2D eigenvalue weighted by atomic mass is 35.5. The molecule has 0 bridgehead atoms. The van der Waals surface area contributed by atoms with E-state index in [0.717, 1.165) is 0 Å². The van der Waals surface area contributed by atoms with E-state index in [2.05, 4.69) is 10.3 Å². The maximum Gasteiger partial charge on any atom is 0.437 e. The van der Waals surface area contributed by atoms with E-state index >= 15 is 0 Å². The number of nitrogens with one attached hydrogen (secondary N) is 1. The first kappa shape index (κ1) is 23.3. The number of guanidine groups is 1. The van der Waals surface area contributed by atoms with E-state index in [1.54, 1.807) is 27.7 Å². The molecule has 2 aliphatic rings. The minimum absolute atomic E-state index is 0.0129.